The highest BCUT2D eigenvalue weighted by Crippen LogP contribution is 2.33. The van der Waals surface area contributed by atoms with Crippen molar-refractivity contribution in [2.24, 2.45) is 11.7 Å². The summed E-state index contributed by atoms with van der Waals surface area (Å²) < 4.78 is 39.0. The van der Waals surface area contributed by atoms with Gasteiger partial charge in [0.15, 0.2) is 0 Å². The molecule has 0 heterocycles. The predicted molar refractivity (Wildman–Crippen MR) is 74.4 cm³/mol. The Balaban J connectivity index is 3.16. The first-order valence-electron chi connectivity index (χ1n) is 6.01. The summed E-state index contributed by atoms with van der Waals surface area (Å²) >= 11 is 2.93. The van der Waals surface area contributed by atoms with Gasteiger partial charge in [0.05, 0.1) is 11.1 Å². The number of nitrogens with one attached hydrogen (secondary N) is 1. The van der Waals surface area contributed by atoms with E-state index in [1.54, 1.807) is 13.8 Å². The number of hydrogen-bond donors (Lipinski definition) is 2. The molecular formula is C13H14BrF3N2O2. The minimum Gasteiger partial charge on any atom is -0.368 e. The summed E-state index contributed by atoms with van der Waals surface area (Å²) in [4.78, 5) is 23.2. The molecule has 0 aliphatic heterocycles. The van der Waals surface area contributed by atoms with E-state index in [1.165, 1.54) is 6.07 Å². The van der Waals surface area contributed by atoms with Crippen LogP contribution in [0, 0.1) is 5.92 Å². The minimum atomic E-state index is -4.68. The molecule has 1 unspecified atom stereocenters. The zero-order chi connectivity index (χ0) is 16.4. The summed E-state index contributed by atoms with van der Waals surface area (Å²) in [6, 6.07) is 2.13. The lowest BCUT2D eigenvalue weighted by Crippen LogP contribution is -2.48. The van der Waals surface area contributed by atoms with E-state index >= 15 is 0 Å². The maximum atomic E-state index is 13.0. The summed E-state index contributed by atoms with van der Waals surface area (Å²) in [5.41, 5.74) is 3.49. The molecule has 1 atom stereocenters. The topological polar surface area (TPSA) is 72.2 Å². The van der Waals surface area contributed by atoms with Crippen molar-refractivity contribution in [2.75, 3.05) is 0 Å². The highest BCUT2D eigenvalue weighted by molar-refractivity contribution is 9.10. The number of halogens is 4. The van der Waals surface area contributed by atoms with Gasteiger partial charge in [-0.25, -0.2) is 0 Å². The first kappa shape index (κ1) is 17.5. The highest BCUT2D eigenvalue weighted by Gasteiger charge is 2.36. The van der Waals surface area contributed by atoms with Gasteiger partial charge in [-0.2, -0.15) is 13.2 Å². The van der Waals surface area contributed by atoms with Crippen molar-refractivity contribution in [3.05, 3.63) is 33.8 Å². The van der Waals surface area contributed by atoms with E-state index in [1.807, 2.05) is 0 Å². The van der Waals surface area contributed by atoms with Crippen LogP contribution in [-0.4, -0.2) is 17.9 Å². The van der Waals surface area contributed by atoms with Gasteiger partial charge < -0.3 is 11.1 Å². The molecule has 0 saturated carbocycles. The molecule has 0 saturated heterocycles. The van der Waals surface area contributed by atoms with E-state index in [9.17, 15) is 22.8 Å². The van der Waals surface area contributed by atoms with E-state index in [2.05, 4.69) is 21.2 Å². The molecule has 0 fully saturated rings. The van der Waals surface area contributed by atoms with Crippen LogP contribution in [0.15, 0.2) is 22.7 Å². The third-order valence-corrected chi connectivity index (χ3v) is 3.28. The van der Waals surface area contributed by atoms with Crippen molar-refractivity contribution in [3.63, 3.8) is 0 Å². The van der Waals surface area contributed by atoms with Crippen LogP contribution in [0.4, 0.5) is 13.2 Å². The van der Waals surface area contributed by atoms with Gasteiger partial charge in [0.2, 0.25) is 5.91 Å². The zero-order valence-corrected chi connectivity index (χ0v) is 12.9. The average Bonchev–Trinajstić information content (AvgIpc) is 2.33. The maximum absolute atomic E-state index is 13.0. The number of hydrogen-bond acceptors (Lipinski definition) is 2. The lowest BCUT2D eigenvalue weighted by atomic mass is 10.0. The third-order valence-electron chi connectivity index (χ3n) is 2.79. The number of carbonyl (C=O) groups is 2. The van der Waals surface area contributed by atoms with E-state index in [0.29, 0.717) is 0 Å². The Hall–Kier alpha value is -1.57. The lowest BCUT2D eigenvalue weighted by molar-refractivity contribution is -0.138. The number of rotatable bonds is 4. The minimum absolute atomic E-state index is 0.196. The van der Waals surface area contributed by atoms with Crippen molar-refractivity contribution in [3.8, 4) is 0 Å². The molecule has 116 valence electrons. The van der Waals surface area contributed by atoms with Crippen LogP contribution in [0.1, 0.15) is 29.8 Å². The molecule has 0 aliphatic carbocycles. The van der Waals surface area contributed by atoms with Gasteiger partial charge in [-0.15, -0.1) is 0 Å². The Morgan fingerprint density at radius 2 is 1.86 bits per heavy atom. The van der Waals surface area contributed by atoms with Gasteiger partial charge >= 0.3 is 6.18 Å². The summed E-state index contributed by atoms with van der Waals surface area (Å²) in [7, 11) is 0. The number of benzene rings is 1. The van der Waals surface area contributed by atoms with E-state index < -0.39 is 35.2 Å². The monoisotopic (exact) mass is 366 g/mol. The molecule has 0 spiro atoms. The second-order valence-corrected chi connectivity index (χ2v) is 5.70. The average molecular weight is 367 g/mol. The number of alkyl halides is 3. The van der Waals surface area contributed by atoms with E-state index in [0.717, 1.165) is 12.1 Å². The summed E-state index contributed by atoms with van der Waals surface area (Å²) in [6.07, 6.45) is -4.68. The quantitative estimate of drug-likeness (QED) is 0.859. The Bertz CT molecular complexity index is 559. The second kappa shape index (κ2) is 6.46. The number of amides is 2. The predicted octanol–water partition coefficient (Wildman–Crippen LogP) is 2.71. The first-order chi connectivity index (χ1) is 9.54. The van der Waals surface area contributed by atoms with Crippen LogP contribution < -0.4 is 11.1 Å². The molecule has 4 nitrogen and oxygen atoms in total. The Labute approximate surface area is 128 Å². The van der Waals surface area contributed by atoms with E-state index in [4.69, 9.17) is 5.73 Å². The normalized spacial score (nSPS) is 13.1. The van der Waals surface area contributed by atoms with Gasteiger partial charge in [0.1, 0.15) is 6.04 Å². The van der Waals surface area contributed by atoms with Crippen molar-refractivity contribution in [1.29, 1.82) is 0 Å². The van der Waals surface area contributed by atoms with Crippen LogP contribution in [0.5, 0.6) is 0 Å². The molecular weight excluding hydrogens is 353 g/mol. The van der Waals surface area contributed by atoms with Crippen LogP contribution in [0.2, 0.25) is 0 Å². The molecule has 3 N–H and O–H groups in total. The van der Waals surface area contributed by atoms with Crippen LogP contribution in [-0.2, 0) is 11.0 Å². The number of carbonyl (C=O) groups excluding carboxylic acids is 2. The third kappa shape index (κ3) is 4.45. The fourth-order valence-electron chi connectivity index (χ4n) is 1.73. The summed E-state index contributed by atoms with van der Waals surface area (Å²) in [6.45, 7) is 3.25. The molecule has 2 amide bonds. The standard InChI is InChI=1S/C13H14BrF3N2O2/c1-6(2)10(11(18)20)19-12(21)8-4-3-7(14)5-9(8)13(15,16)17/h3-6,10H,1-2H3,(H2,18,20)(H,19,21). The largest absolute Gasteiger partial charge is 0.417 e. The highest BCUT2D eigenvalue weighted by atomic mass is 79.9. The van der Waals surface area contributed by atoms with E-state index in [-0.39, 0.29) is 10.4 Å². The lowest BCUT2D eigenvalue weighted by Gasteiger charge is -2.20. The van der Waals surface area contributed by atoms with Crippen LogP contribution in [0.3, 0.4) is 0 Å². The Kier molecular flexibility index (Phi) is 5.38. The zero-order valence-electron chi connectivity index (χ0n) is 11.3. The van der Waals surface area contributed by atoms with Crippen LogP contribution >= 0.6 is 15.9 Å². The molecule has 1 aromatic rings. The smallest absolute Gasteiger partial charge is 0.368 e. The molecule has 21 heavy (non-hydrogen) atoms. The number of primary amides is 1. The van der Waals surface area contributed by atoms with Crippen molar-refractivity contribution >= 4 is 27.7 Å². The second-order valence-electron chi connectivity index (χ2n) is 4.79. The number of nitrogens with two attached hydrogens (primary N) is 1. The van der Waals surface area contributed by atoms with Gasteiger partial charge in [0.25, 0.3) is 5.91 Å². The molecule has 1 rings (SSSR count). The molecule has 0 aromatic heterocycles. The fourth-order valence-corrected chi connectivity index (χ4v) is 2.10. The molecule has 0 bridgehead atoms. The van der Waals surface area contributed by atoms with Gasteiger partial charge in [-0.3, -0.25) is 9.59 Å². The molecule has 0 radical (unpaired) electrons. The van der Waals surface area contributed by atoms with Gasteiger partial charge in [-0.1, -0.05) is 29.8 Å². The van der Waals surface area contributed by atoms with Crippen LogP contribution in [0.25, 0.3) is 0 Å². The fraction of sp³-hybridized carbons (Fsp3) is 0.385. The van der Waals surface area contributed by atoms with Crippen molar-refractivity contribution in [1.82, 2.24) is 5.32 Å². The summed E-state index contributed by atoms with van der Waals surface area (Å²) in [5.74, 6) is -2.13. The SMILES string of the molecule is CC(C)C(NC(=O)c1ccc(Br)cc1C(F)(F)F)C(N)=O. The van der Waals surface area contributed by atoms with Crippen molar-refractivity contribution in [2.45, 2.75) is 26.1 Å². The molecule has 8 heteroatoms. The maximum Gasteiger partial charge on any atom is 0.417 e. The van der Waals surface area contributed by atoms with Gasteiger partial charge in [0, 0.05) is 4.47 Å². The summed E-state index contributed by atoms with van der Waals surface area (Å²) in [5, 5.41) is 2.24. The van der Waals surface area contributed by atoms with Gasteiger partial charge in [-0.05, 0) is 24.1 Å². The Morgan fingerprint density at radius 1 is 1.29 bits per heavy atom. The Morgan fingerprint density at radius 3 is 2.29 bits per heavy atom. The first-order valence-corrected chi connectivity index (χ1v) is 6.80. The molecule has 0 aliphatic rings. The molecule has 1 aromatic carbocycles. The van der Waals surface area contributed by atoms with Crippen molar-refractivity contribution < 1.29 is 22.8 Å².